The third-order valence-corrected chi connectivity index (χ3v) is 4.18. The summed E-state index contributed by atoms with van der Waals surface area (Å²) in [5, 5.41) is 0. The van der Waals surface area contributed by atoms with E-state index in [0.29, 0.717) is 6.42 Å². The highest BCUT2D eigenvalue weighted by atomic mass is 16.1. The molecule has 0 bridgehead atoms. The predicted molar refractivity (Wildman–Crippen MR) is 85.4 cm³/mol. The first-order chi connectivity index (χ1) is 9.45. The van der Waals surface area contributed by atoms with Gasteiger partial charge in [0.1, 0.15) is 0 Å². The molecule has 0 heterocycles. The largest absolute Gasteiger partial charge is 0.294 e. The molecule has 0 aliphatic carbocycles. The van der Waals surface area contributed by atoms with E-state index in [-0.39, 0.29) is 5.78 Å². The average molecular weight is 266 g/mol. The number of Topliss-reactive ketones (excluding diaryl/α,β-unsaturated/α-hetero) is 1. The summed E-state index contributed by atoms with van der Waals surface area (Å²) in [4.78, 5) is 11.7. The van der Waals surface area contributed by atoms with Crippen LogP contribution in [0, 0.1) is 27.7 Å². The Morgan fingerprint density at radius 3 is 1.85 bits per heavy atom. The SMILES string of the molecule is CCC(=O)c1ccc(-c2c(C)c(C)cc(C)c2C)cc1. The topological polar surface area (TPSA) is 17.1 Å². The second-order valence-corrected chi connectivity index (χ2v) is 5.49. The zero-order valence-corrected chi connectivity index (χ0v) is 13.0. The van der Waals surface area contributed by atoms with Gasteiger partial charge in [-0.1, -0.05) is 37.3 Å². The smallest absolute Gasteiger partial charge is 0.162 e. The monoisotopic (exact) mass is 266 g/mol. The maximum Gasteiger partial charge on any atom is 0.162 e. The lowest BCUT2D eigenvalue weighted by Crippen LogP contribution is -1.98. The van der Waals surface area contributed by atoms with Crippen molar-refractivity contribution in [3.8, 4) is 11.1 Å². The lowest BCUT2D eigenvalue weighted by atomic mass is 9.89. The summed E-state index contributed by atoms with van der Waals surface area (Å²) in [5.41, 5.74) is 8.58. The Kier molecular flexibility index (Phi) is 4.08. The summed E-state index contributed by atoms with van der Waals surface area (Å²) >= 11 is 0. The molecule has 0 radical (unpaired) electrons. The molecular formula is C19H22O. The van der Waals surface area contributed by atoms with E-state index in [2.05, 4.69) is 45.9 Å². The van der Waals surface area contributed by atoms with Gasteiger partial charge >= 0.3 is 0 Å². The van der Waals surface area contributed by atoms with Gasteiger partial charge in [0, 0.05) is 12.0 Å². The molecule has 0 atom stereocenters. The molecule has 0 aliphatic rings. The second-order valence-electron chi connectivity index (χ2n) is 5.49. The van der Waals surface area contributed by atoms with Crippen molar-refractivity contribution in [3.05, 3.63) is 58.1 Å². The summed E-state index contributed by atoms with van der Waals surface area (Å²) in [7, 11) is 0. The average Bonchev–Trinajstić information content (AvgIpc) is 2.45. The van der Waals surface area contributed by atoms with Gasteiger partial charge in [-0.25, -0.2) is 0 Å². The van der Waals surface area contributed by atoms with E-state index in [1.54, 1.807) is 0 Å². The van der Waals surface area contributed by atoms with Crippen molar-refractivity contribution in [1.82, 2.24) is 0 Å². The first-order valence-electron chi connectivity index (χ1n) is 7.16. The molecule has 0 aromatic heterocycles. The van der Waals surface area contributed by atoms with Crippen molar-refractivity contribution in [1.29, 1.82) is 0 Å². The van der Waals surface area contributed by atoms with E-state index in [9.17, 15) is 4.79 Å². The van der Waals surface area contributed by atoms with Crippen LogP contribution in [-0.2, 0) is 0 Å². The van der Waals surface area contributed by atoms with E-state index in [0.717, 1.165) is 5.56 Å². The molecule has 1 heteroatoms. The number of hydrogen-bond donors (Lipinski definition) is 0. The molecule has 0 aliphatic heterocycles. The van der Waals surface area contributed by atoms with Gasteiger partial charge in [-0.15, -0.1) is 0 Å². The lowest BCUT2D eigenvalue weighted by Gasteiger charge is -2.15. The molecule has 0 saturated carbocycles. The second kappa shape index (κ2) is 5.62. The molecule has 1 nitrogen and oxygen atoms in total. The van der Waals surface area contributed by atoms with Gasteiger partial charge in [-0.05, 0) is 61.1 Å². The Labute approximate surface area is 121 Å². The summed E-state index contributed by atoms with van der Waals surface area (Å²) in [6.45, 7) is 10.5. The van der Waals surface area contributed by atoms with E-state index in [1.165, 1.54) is 33.4 Å². The third kappa shape index (κ3) is 2.53. The maximum absolute atomic E-state index is 11.7. The Balaban J connectivity index is 2.55. The van der Waals surface area contributed by atoms with Crippen molar-refractivity contribution in [2.75, 3.05) is 0 Å². The molecule has 0 N–H and O–H groups in total. The molecule has 0 fully saturated rings. The molecular weight excluding hydrogens is 244 g/mol. The molecule has 0 amide bonds. The van der Waals surface area contributed by atoms with E-state index < -0.39 is 0 Å². The highest BCUT2D eigenvalue weighted by molar-refractivity contribution is 5.96. The zero-order valence-electron chi connectivity index (χ0n) is 13.0. The molecule has 0 unspecified atom stereocenters. The predicted octanol–water partition coefficient (Wildman–Crippen LogP) is 5.18. The van der Waals surface area contributed by atoms with Crippen LogP contribution in [0.25, 0.3) is 11.1 Å². The maximum atomic E-state index is 11.7. The van der Waals surface area contributed by atoms with Crippen LogP contribution in [0.3, 0.4) is 0 Å². The van der Waals surface area contributed by atoms with Gasteiger partial charge in [0.25, 0.3) is 0 Å². The fourth-order valence-corrected chi connectivity index (χ4v) is 2.68. The number of hydrogen-bond acceptors (Lipinski definition) is 1. The van der Waals surface area contributed by atoms with E-state index in [1.807, 2.05) is 19.1 Å². The van der Waals surface area contributed by atoms with Gasteiger partial charge in [0.2, 0.25) is 0 Å². The molecule has 0 spiro atoms. The minimum atomic E-state index is 0.199. The van der Waals surface area contributed by atoms with Crippen LogP contribution in [0.4, 0.5) is 0 Å². The zero-order chi connectivity index (χ0) is 14.9. The van der Waals surface area contributed by atoms with Crippen LogP contribution in [0.1, 0.15) is 46.0 Å². The Hall–Kier alpha value is -1.89. The van der Waals surface area contributed by atoms with Crippen molar-refractivity contribution >= 4 is 5.78 Å². The minimum Gasteiger partial charge on any atom is -0.294 e. The molecule has 2 rings (SSSR count). The van der Waals surface area contributed by atoms with Gasteiger partial charge in [-0.2, -0.15) is 0 Å². The summed E-state index contributed by atoms with van der Waals surface area (Å²) < 4.78 is 0. The van der Waals surface area contributed by atoms with Crippen LogP contribution < -0.4 is 0 Å². The van der Waals surface area contributed by atoms with Crippen LogP contribution in [0.2, 0.25) is 0 Å². The molecule has 2 aromatic rings. The standard InChI is InChI=1S/C19H22O/c1-6-18(20)16-7-9-17(10-8-16)19-14(4)12(2)11-13(3)15(19)5/h7-11H,6H2,1-5H3. The minimum absolute atomic E-state index is 0.199. The number of ketones is 1. The van der Waals surface area contributed by atoms with Crippen LogP contribution >= 0.6 is 0 Å². The number of aryl methyl sites for hydroxylation is 2. The molecule has 20 heavy (non-hydrogen) atoms. The van der Waals surface area contributed by atoms with Crippen molar-refractivity contribution in [2.24, 2.45) is 0 Å². The molecule has 104 valence electrons. The molecule has 0 saturated heterocycles. The van der Waals surface area contributed by atoms with E-state index in [4.69, 9.17) is 0 Å². The summed E-state index contributed by atoms with van der Waals surface area (Å²) in [6.07, 6.45) is 0.557. The normalized spacial score (nSPS) is 10.7. The lowest BCUT2D eigenvalue weighted by molar-refractivity contribution is 0.0988. The highest BCUT2D eigenvalue weighted by Gasteiger charge is 2.11. The van der Waals surface area contributed by atoms with Gasteiger partial charge in [0.15, 0.2) is 5.78 Å². The van der Waals surface area contributed by atoms with E-state index >= 15 is 0 Å². The third-order valence-electron chi connectivity index (χ3n) is 4.18. The number of benzene rings is 2. The van der Waals surface area contributed by atoms with Crippen LogP contribution in [-0.4, -0.2) is 5.78 Å². The quantitative estimate of drug-likeness (QED) is 0.699. The fraction of sp³-hybridized carbons (Fsp3) is 0.316. The van der Waals surface area contributed by atoms with Crippen molar-refractivity contribution < 1.29 is 4.79 Å². The summed E-state index contributed by atoms with van der Waals surface area (Å²) in [5.74, 6) is 0.199. The Morgan fingerprint density at radius 2 is 1.40 bits per heavy atom. The fourth-order valence-electron chi connectivity index (χ4n) is 2.68. The first-order valence-corrected chi connectivity index (χ1v) is 7.16. The highest BCUT2D eigenvalue weighted by Crippen LogP contribution is 2.31. The Bertz CT molecular complexity index is 622. The van der Waals surface area contributed by atoms with Crippen molar-refractivity contribution in [3.63, 3.8) is 0 Å². The number of rotatable bonds is 3. The van der Waals surface area contributed by atoms with Gasteiger partial charge in [-0.3, -0.25) is 4.79 Å². The van der Waals surface area contributed by atoms with Crippen molar-refractivity contribution in [2.45, 2.75) is 41.0 Å². The summed E-state index contributed by atoms with van der Waals surface area (Å²) in [6, 6.07) is 10.3. The number of carbonyl (C=O) groups excluding carboxylic acids is 1. The van der Waals surface area contributed by atoms with Crippen LogP contribution in [0.15, 0.2) is 30.3 Å². The molecule has 2 aromatic carbocycles. The van der Waals surface area contributed by atoms with Gasteiger partial charge in [0.05, 0.1) is 0 Å². The number of carbonyl (C=O) groups is 1. The van der Waals surface area contributed by atoms with Gasteiger partial charge < -0.3 is 0 Å². The van der Waals surface area contributed by atoms with Crippen LogP contribution in [0.5, 0.6) is 0 Å². The first kappa shape index (κ1) is 14.5. The Morgan fingerprint density at radius 1 is 0.900 bits per heavy atom.